The van der Waals surface area contributed by atoms with Gasteiger partial charge in [0.2, 0.25) is 0 Å². The third kappa shape index (κ3) is 1.85. The maximum absolute atomic E-state index is 5.75. The molecule has 2 aromatic rings. The molecule has 3 rings (SSSR count). The first kappa shape index (κ1) is 11.5. The second-order valence-electron chi connectivity index (χ2n) is 5.06. The van der Waals surface area contributed by atoms with Gasteiger partial charge in [0.25, 0.3) is 0 Å². The zero-order valence-corrected chi connectivity index (χ0v) is 10.8. The summed E-state index contributed by atoms with van der Waals surface area (Å²) < 4.78 is 0. The molecular weight excluding hydrogens is 222 g/mol. The van der Waals surface area contributed by atoms with Gasteiger partial charge in [-0.3, -0.25) is 0 Å². The van der Waals surface area contributed by atoms with E-state index in [4.69, 9.17) is 10.7 Å². The predicted molar refractivity (Wildman–Crippen MR) is 75.7 cm³/mol. The highest BCUT2D eigenvalue weighted by Gasteiger charge is 2.24. The smallest absolute Gasteiger partial charge is 0.136 e. The Morgan fingerprint density at radius 1 is 1.33 bits per heavy atom. The van der Waals surface area contributed by atoms with Gasteiger partial charge in [0, 0.05) is 25.0 Å². The summed E-state index contributed by atoms with van der Waals surface area (Å²) in [4.78, 5) is 7.05. The minimum Gasteiger partial charge on any atom is -0.356 e. The molecule has 0 amide bonds. The van der Waals surface area contributed by atoms with Gasteiger partial charge in [-0.2, -0.15) is 0 Å². The molecule has 1 fully saturated rings. The van der Waals surface area contributed by atoms with Crippen LogP contribution in [0.1, 0.15) is 25.0 Å². The summed E-state index contributed by atoms with van der Waals surface area (Å²) in [6, 6.07) is 11.2. The molecule has 1 aliphatic carbocycles. The minimum absolute atomic E-state index is 0.496. The molecule has 2 N–H and O–H groups in total. The third-order valence-corrected chi connectivity index (χ3v) is 3.94. The zero-order chi connectivity index (χ0) is 12.5. The van der Waals surface area contributed by atoms with Gasteiger partial charge < -0.3 is 10.6 Å². The predicted octanol–water partition coefficient (Wildman–Crippen LogP) is 2.68. The van der Waals surface area contributed by atoms with Crippen molar-refractivity contribution >= 4 is 16.6 Å². The van der Waals surface area contributed by atoms with Crippen molar-refractivity contribution in [2.45, 2.75) is 31.8 Å². The molecule has 94 valence electrons. The second-order valence-corrected chi connectivity index (χ2v) is 5.06. The standard InChI is InChI=1S/C15H19N3/c1-18(13-6-4-7-13)15-14-8-3-2-5-11(14)9-12(10-16)17-15/h2-3,5,8-9,13H,4,6-7,10,16H2,1H3. The Balaban J connectivity index is 2.12. The monoisotopic (exact) mass is 241 g/mol. The Morgan fingerprint density at radius 3 is 2.78 bits per heavy atom. The number of hydrogen-bond donors (Lipinski definition) is 1. The lowest BCUT2D eigenvalue weighted by atomic mass is 9.91. The van der Waals surface area contributed by atoms with E-state index >= 15 is 0 Å². The lowest BCUT2D eigenvalue weighted by Gasteiger charge is -2.36. The first-order valence-electron chi connectivity index (χ1n) is 6.61. The van der Waals surface area contributed by atoms with Gasteiger partial charge in [-0.05, 0) is 30.7 Å². The number of anilines is 1. The van der Waals surface area contributed by atoms with E-state index in [1.165, 1.54) is 30.0 Å². The van der Waals surface area contributed by atoms with Crippen LogP contribution in [0.3, 0.4) is 0 Å². The second kappa shape index (κ2) is 4.58. The number of pyridine rings is 1. The van der Waals surface area contributed by atoms with Crippen molar-refractivity contribution in [3.63, 3.8) is 0 Å². The fraction of sp³-hybridized carbons (Fsp3) is 0.400. The summed E-state index contributed by atoms with van der Waals surface area (Å²) in [7, 11) is 2.15. The molecular formula is C15H19N3. The lowest BCUT2D eigenvalue weighted by molar-refractivity contribution is 0.400. The highest BCUT2D eigenvalue weighted by atomic mass is 15.2. The third-order valence-electron chi connectivity index (χ3n) is 3.94. The quantitative estimate of drug-likeness (QED) is 0.898. The first-order valence-corrected chi connectivity index (χ1v) is 6.61. The molecule has 0 bridgehead atoms. The van der Waals surface area contributed by atoms with Crippen LogP contribution in [0.15, 0.2) is 30.3 Å². The molecule has 0 unspecified atom stereocenters. The Kier molecular flexibility index (Phi) is 2.92. The fourth-order valence-electron chi connectivity index (χ4n) is 2.55. The van der Waals surface area contributed by atoms with Crippen molar-refractivity contribution in [1.29, 1.82) is 0 Å². The van der Waals surface area contributed by atoms with Crippen LogP contribution >= 0.6 is 0 Å². The van der Waals surface area contributed by atoms with E-state index < -0.39 is 0 Å². The van der Waals surface area contributed by atoms with E-state index in [1.54, 1.807) is 0 Å². The Hall–Kier alpha value is -1.61. The lowest BCUT2D eigenvalue weighted by Crippen LogP contribution is -2.37. The van der Waals surface area contributed by atoms with Crippen molar-refractivity contribution in [2.24, 2.45) is 5.73 Å². The average molecular weight is 241 g/mol. The van der Waals surface area contributed by atoms with Crippen LogP contribution in [0.25, 0.3) is 10.8 Å². The number of rotatable bonds is 3. The van der Waals surface area contributed by atoms with Crippen molar-refractivity contribution in [3.05, 3.63) is 36.0 Å². The van der Waals surface area contributed by atoms with Crippen LogP contribution in [-0.4, -0.2) is 18.1 Å². The largest absolute Gasteiger partial charge is 0.356 e. The molecule has 18 heavy (non-hydrogen) atoms. The summed E-state index contributed by atoms with van der Waals surface area (Å²) in [6.07, 6.45) is 3.89. The maximum atomic E-state index is 5.75. The van der Waals surface area contributed by atoms with E-state index in [1.807, 2.05) is 0 Å². The molecule has 1 saturated carbocycles. The van der Waals surface area contributed by atoms with Crippen molar-refractivity contribution < 1.29 is 0 Å². The number of fused-ring (bicyclic) bond motifs is 1. The zero-order valence-electron chi connectivity index (χ0n) is 10.8. The molecule has 0 spiro atoms. The highest BCUT2D eigenvalue weighted by molar-refractivity contribution is 5.92. The maximum Gasteiger partial charge on any atom is 0.136 e. The average Bonchev–Trinajstić information content (AvgIpc) is 2.35. The topological polar surface area (TPSA) is 42.2 Å². The minimum atomic E-state index is 0.496. The van der Waals surface area contributed by atoms with Gasteiger partial charge in [0.15, 0.2) is 0 Å². The van der Waals surface area contributed by atoms with Crippen molar-refractivity contribution in [2.75, 3.05) is 11.9 Å². The Bertz CT molecular complexity index is 561. The van der Waals surface area contributed by atoms with Gasteiger partial charge >= 0.3 is 0 Å². The molecule has 0 radical (unpaired) electrons. The summed E-state index contributed by atoms with van der Waals surface area (Å²) in [5.41, 5.74) is 6.72. The molecule has 0 aliphatic heterocycles. The van der Waals surface area contributed by atoms with Crippen molar-refractivity contribution in [3.8, 4) is 0 Å². The molecule has 0 atom stereocenters. The van der Waals surface area contributed by atoms with Crippen LogP contribution in [0.4, 0.5) is 5.82 Å². The molecule has 1 heterocycles. The van der Waals surface area contributed by atoms with Gasteiger partial charge in [0.1, 0.15) is 5.82 Å². The highest BCUT2D eigenvalue weighted by Crippen LogP contribution is 2.31. The van der Waals surface area contributed by atoms with E-state index in [2.05, 4.69) is 42.3 Å². The SMILES string of the molecule is CN(c1nc(CN)cc2ccccc12)C1CCC1. The Morgan fingerprint density at radius 2 is 2.11 bits per heavy atom. The van der Waals surface area contributed by atoms with E-state index in [9.17, 15) is 0 Å². The fourth-order valence-corrected chi connectivity index (χ4v) is 2.55. The first-order chi connectivity index (χ1) is 8.79. The van der Waals surface area contributed by atoms with Gasteiger partial charge in [-0.15, -0.1) is 0 Å². The number of aromatic nitrogens is 1. The van der Waals surface area contributed by atoms with Crippen LogP contribution in [0, 0.1) is 0 Å². The van der Waals surface area contributed by atoms with Gasteiger partial charge in [-0.1, -0.05) is 24.3 Å². The van der Waals surface area contributed by atoms with Crippen LogP contribution in [0.2, 0.25) is 0 Å². The number of nitrogens with zero attached hydrogens (tertiary/aromatic N) is 2. The number of nitrogens with two attached hydrogens (primary N) is 1. The van der Waals surface area contributed by atoms with Gasteiger partial charge in [0.05, 0.1) is 5.69 Å². The van der Waals surface area contributed by atoms with E-state index in [0.717, 1.165) is 11.5 Å². The summed E-state index contributed by atoms with van der Waals surface area (Å²) in [5.74, 6) is 1.08. The van der Waals surface area contributed by atoms with Gasteiger partial charge in [-0.25, -0.2) is 4.98 Å². The molecule has 1 aromatic heterocycles. The number of benzene rings is 1. The van der Waals surface area contributed by atoms with Crippen LogP contribution in [0.5, 0.6) is 0 Å². The molecule has 1 aliphatic rings. The molecule has 0 saturated heterocycles. The summed E-state index contributed by atoms with van der Waals surface area (Å²) >= 11 is 0. The normalized spacial score (nSPS) is 15.7. The van der Waals surface area contributed by atoms with Crippen LogP contribution < -0.4 is 10.6 Å². The molecule has 3 heteroatoms. The summed E-state index contributed by atoms with van der Waals surface area (Å²) in [5, 5.41) is 2.46. The summed E-state index contributed by atoms with van der Waals surface area (Å²) in [6.45, 7) is 0.496. The van der Waals surface area contributed by atoms with Crippen LogP contribution in [-0.2, 0) is 6.54 Å². The number of hydrogen-bond acceptors (Lipinski definition) is 3. The molecule has 3 nitrogen and oxygen atoms in total. The Labute approximate surface area is 108 Å². The molecule has 1 aromatic carbocycles. The van der Waals surface area contributed by atoms with E-state index in [0.29, 0.717) is 12.6 Å². The van der Waals surface area contributed by atoms with E-state index in [-0.39, 0.29) is 0 Å². The van der Waals surface area contributed by atoms with Crippen molar-refractivity contribution in [1.82, 2.24) is 4.98 Å².